The Morgan fingerprint density at radius 1 is 0.595 bits per heavy atom. The van der Waals surface area contributed by atoms with Crippen molar-refractivity contribution in [2.45, 2.75) is 19.3 Å². The molecule has 0 bridgehead atoms. The van der Waals surface area contributed by atoms with Gasteiger partial charge < -0.3 is 8.98 Å². The lowest BCUT2D eigenvalue weighted by atomic mass is 9.82. The van der Waals surface area contributed by atoms with Crippen LogP contribution in [0.5, 0.6) is 0 Å². The molecule has 0 fully saturated rings. The molecule has 0 saturated heterocycles. The highest BCUT2D eigenvalue weighted by atomic mass is 79.9. The van der Waals surface area contributed by atoms with Crippen molar-refractivity contribution < 1.29 is 4.42 Å². The zero-order valence-corrected chi connectivity index (χ0v) is 24.9. The van der Waals surface area contributed by atoms with Gasteiger partial charge in [-0.25, -0.2) is 0 Å². The molecular formula is C39H26BrNO. The average molecular weight is 605 g/mol. The van der Waals surface area contributed by atoms with E-state index >= 15 is 0 Å². The third-order valence-electron chi connectivity index (χ3n) is 9.27. The van der Waals surface area contributed by atoms with Gasteiger partial charge in [0.05, 0.1) is 16.7 Å². The van der Waals surface area contributed by atoms with E-state index in [4.69, 9.17) is 4.42 Å². The quantitative estimate of drug-likeness (QED) is 0.192. The highest BCUT2D eigenvalue weighted by Crippen LogP contribution is 2.53. The summed E-state index contributed by atoms with van der Waals surface area (Å²) in [6, 6.07) is 43.7. The smallest absolute Gasteiger partial charge is 0.159 e. The number of fused-ring (bicyclic) bond motifs is 10. The first kappa shape index (κ1) is 24.0. The first-order valence-electron chi connectivity index (χ1n) is 14.4. The number of nitrogens with zero attached hydrogens (tertiary/aromatic N) is 1. The van der Waals surface area contributed by atoms with Crippen molar-refractivity contribution in [2.75, 3.05) is 0 Å². The van der Waals surface area contributed by atoms with Crippen LogP contribution in [0.3, 0.4) is 0 Å². The molecule has 9 rings (SSSR count). The maximum atomic E-state index is 6.87. The highest BCUT2D eigenvalue weighted by molar-refractivity contribution is 9.10. The number of hydrogen-bond acceptors (Lipinski definition) is 1. The Hall–Kier alpha value is -4.60. The maximum Gasteiger partial charge on any atom is 0.159 e. The molecule has 0 N–H and O–H groups in total. The van der Waals surface area contributed by atoms with Crippen molar-refractivity contribution in [3.63, 3.8) is 0 Å². The molecule has 1 aliphatic rings. The predicted molar refractivity (Wildman–Crippen MR) is 179 cm³/mol. The second-order valence-electron chi connectivity index (χ2n) is 11.9. The fourth-order valence-electron chi connectivity index (χ4n) is 7.36. The lowest BCUT2D eigenvalue weighted by Crippen LogP contribution is -2.14. The van der Waals surface area contributed by atoms with E-state index in [1.807, 2.05) is 0 Å². The molecule has 3 heteroatoms. The Bertz CT molecular complexity index is 2390. The normalized spacial score (nSPS) is 13.8. The van der Waals surface area contributed by atoms with E-state index in [9.17, 15) is 0 Å². The van der Waals surface area contributed by atoms with Gasteiger partial charge in [0.1, 0.15) is 5.58 Å². The molecule has 0 unspecified atom stereocenters. The Morgan fingerprint density at radius 2 is 1.31 bits per heavy atom. The number of furan rings is 1. The van der Waals surface area contributed by atoms with Crippen LogP contribution >= 0.6 is 15.9 Å². The van der Waals surface area contributed by atoms with E-state index in [0.717, 1.165) is 43.2 Å². The Kier molecular flexibility index (Phi) is 4.85. The molecule has 2 nitrogen and oxygen atoms in total. The maximum absolute atomic E-state index is 6.87. The molecule has 2 heterocycles. The summed E-state index contributed by atoms with van der Waals surface area (Å²) in [6.45, 7) is 4.69. The summed E-state index contributed by atoms with van der Waals surface area (Å²) in [5.41, 5.74) is 12.9. The van der Waals surface area contributed by atoms with E-state index in [1.54, 1.807) is 0 Å². The van der Waals surface area contributed by atoms with Gasteiger partial charge in [0.25, 0.3) is 0 Å². The van der Waals surface area contributed by atoms with E-state index in [2.05, 4.69) is 156 Å². The number of benzene rings is 6. The third kappa shape index (κ3) is 3.09. The number of aromatic nitrogens is 1. The summed E-state index contributed by atoms with van der Waals surface area (Å²) in [5, 5.41) is 4.79. The Labute approximate surface area is 251 Å². The van der Waals surface area contributed by atoms with Crippen LogP contribution in [0.25, 0.3) is 71.7 Å². The van der Waals surface area contributed by atoms with Gasteiger partial charge in [0.2, 0.25) is 0 Å². The minimum absolute atomic E-state index is 0.0624. The topological polar surface area (TPSA) is 18.1 Å². The highest BCUT2D eigenvalue weighted by Gasteiger charge is 2.37. The fourth-order valence-corrected chi connectivity index (χ4v) is 7.72. The fraction of sp³-hybridized carbons (Fsp3) is 0.0769. The van der Waals surface area contributed by atoms with Crippen LogP contribution in [0.15, 0.2) is 130 Å². The van der Waals surface area contributed by atoms with Crippen molar-refractivity contribution in [1.29, 1.82) is 0 Å². The first-order valence-corrected chi connectivity index (χ1v) is 15.2. The second kappa shape index (κ2) is 8.47. The SMILES string of the molecule is CC1(C)c2ccccc2-c2c1ccc1c2c2cc(Br)ccc2n1-c1cccc2c1oc1c(-c3ccccc3)cccc12. The average Bonchev–Trinajstić information content (AvgIpc) is 3.63. The molecule has 0 atom stereocenters. The molecule has 0 aliphatic heterocycles. The molecule has 200 valence electrons. The first-order chi connectivity index (χ1) is 20.5. The van der Waals surface area contributed by atoms with Crippen molar-refractivity contribution in [3.05, 3.63) is 137 Å². The van der Waals surface area contributed by atoms with E-state index in [-0.39, 0.29) is 5.41 Å². The molecule has 8 aromatic rings. The van der Waals surface area contributed by atoms with Crippen molar-refractivity contribution >= 4 is 59.7 Å². The summed E-state index contributed by atoms with van der Waals surface area (Å²) in [4.78, 5) is 0. The van der Waals surface area contributed by atoms with Gasteiger partial charge in [-0.2, -0.15) is 0 Å². The lowest BCUT2D eigenvalue weighted by molar-refractivity contribution is 0.660. The van der Waals surface area contributed by atoms with Crippen LogP contribution in [-0.2, 0) is 5.41 Å². The minimum atomic E-state index is -0.0624. The second-order valence-corrected chi connectivity index (χ2v) is 12.8. The summed E-state index contributed by atoms with van der Waals surface area (Å²) >= 11 is 3.78. The van der Waals surface area contributed by atoms with Crippen LogP contribution in [0.4, 0.5) is 0 Å². The number of hydrogen-bond donors (Lipinski definition) is 0. The number of rotatable bonds is 2. The van der Waals surface area contributed by atoms with Gasteiger partial charge in [-0.1, -0.05) is 121 Å². The summed E-state index contributed by atoms with van der Waals surface area (Å²) in [7, 11) is 0. The zero-order chi connectivity index (χ0) is 28.2. The number of para-hydroxylation sites is 2. The molecule has 0 amide bonds. The zero-order valence-electron chi connectivity index (χ0n) is 23.3. The van der Waals surface area contributed by atoms with Gasteiger partial charge >= 0.3 is 0 Å². The van der Waals surface area contributed by atoms with Crippen molar-refractivity contribution in [1.82, 2.24) is 4.57 Å². The van der Waals surface area contributed by atoms with Crippen LogP contribution < -0.4 is 0 Å². The van der Waals surface area contributed by atoms with Gasteiger partial charge in [0.15, 0.2) is 5.58 Å². The molecule has 0 saturated carbocycles. The van der Waals surface area contributed by atoms with Crippen LogP contribution in [0, 0.1) is 0 Å². The summed E-state index contributed by atoms with van der Waals surface area (Å²) < 4.78 is 10.3. The molecule has 6 aromatic carbocycles. The van der Waals surface area contributed by atoms with E-state index < -0.39 is 0 Å². The van der Waals surface area contributed by atoms with Gasteiger partial charge in [-0.15, -0.1) is 0 Å². The molecule has 0 spiro atoms. The van der Waals surface area contributed by atoms with Crippen LogP contribution in [0.2, 0.25) is 0 Å². The van der Waals surface area contributed by atoms with E-state index in [0.29, 0.717) is 0 Å². The lowest BCUT2D eigenvalue weighted by Gasteiger charge is -2.21. The van der Waals surface area contributed by atoms with E-state index in [1.165, 1.54) is 44.1 Å². The van der Waals surface area contributed by atoms with Crippen molar-refractivity contribution in [3.8, 4) is 27.9 Å². The van der Waals surface area contributed by atoms with Crippen LogP contribution in [0.1, 0.15) is 25.0 Å². The Balaban J connectivity index is 1.42. The van der Waals surface area contributed by atoms with Gasteiger partial charge in [-0.3, -0.25) is 0 Å². The molecule has 1 aliphatic carbocycles. The van der Waals surface area contributed by atoms with Crippen LogP contribution in [-0.4, -0.2) is 4.57 Å². The largest absolute Gasteiger partial charge is 0.453 e. The third-order valence-corrected chi connectivity index (χ3v) is 9.76. The molecule has 0 radical (unpaired) electrons. The standard InChI is InChI=1S/C39H26BrNO/c1-39(2)30-16-7-6-12-28(30)35-31(39)19-21-33-36(35)29-22-24(40)18-20-32(29)41(33)34-17-9-15-27-26-14-8-13-25(37(26)42-38(27)34)23-10-4-3-5-11-23/h3-22H,1-2H3. The minimum Gasteiger partial charge on any atom is -0.453 e. The molecule has 2 aromatic heterocycles. The van der Waals surface area contributed by atoms with Gasteiger partial charge in [0, 0.05) is 37.0 Å². The molecular weight excluding hydrogens is 578 g/mol. The number of halogens is 1. The monoisotopic (exact) mass is 603 g/mol. The summed E-state index contributed by atoms with van der Waals surface area (Å²) in [5.74, 6) is 0. The Morgan fingerprint density at radius 3 is 2.17 bits per heavy atom. The summed E-state index contributed by atoms with van der Waals surface area (Å²) in [6.07, 6.45) is 0. The van der Waals surface area contributed by atoms with Crippen molar-refractivity contribution in [2.24, 2.45) is 0 Å². The predicted octanol–water partition coefficient (Wildman–Crippen LogP) is 11.4. The van der Waals surface area contributed by atoms with Gasteiger partial charge in [-0.05, 0) is 58.1 Å². The molecule has 42 heavy (non-hydrogen) atoms.